The minimum absolute atomic E-state index is 0.104. The molecule has 0 fully saturated rings. The number of carbonyl (C=O) groups excluding carboxylic acids is 1. The SMILES string of the molecule is CC(=O)Nc1ccc(NC(=S)Nc2c(C)cc(C)cc2Cl)cc1. The second-order valence-electron chi connectivity index (χ2n) is 5.28. The van der Waals surface area contributed by atoms with Gasteiger partial charge in [-0.25, -0.2) is 0 Å². The van der Waals surface area contributed by atoms with E-state index >= 15 is 0 Å². The number of benzene rings is 2. The highest BCUT2D eigenvalue weighted by Gasteiger charge is 2.07. The van der Waals surface area contributed by atoms with Gasteiger partial charge in [-0.3, -0.25) is 4.79 Å². The molecule has 23 heavy (non-hydrogen) atoms. The van der Waals surface area contributed by atoms with Crippen LogP contribution >= 0.6 is 23.8 Å². The van der Waals surface area contributed by atoms with Gasteiger partial charge in [0.25, 0.3) is 0 Å². The van der Waals surface area contributed by atoms with Crippen molar-refractivity contribution in [2.75, 3.05) is 16.0 Å². The summed E-state index contributed by atoms with van der Waals surface area (Å²) >= 11 is 11.6. The number of amides is 1. The normalized spacial score (nSPS) is 10.1. The van der Waals surface area contributed by atoms with Crippen molar-refractivity contribution < 1.29 is 4.79 Å². The van der Waals surface area contributed by atoms with Crippen LogP contribution in [0.4, 0.5) is 17.1 Å². The fraction of sp³-hybridized carbons (Fsp3) is 0.176. The first-order valence-corrected chi connectivity index (χ1v) is 7.86. The van der Waals surface area contributed by atoms with Gasteiger partial charge in [0, 0.05) is 18.3 Å². The average molecular weight is 348 g/mol. The number of anilines is 3. The van der Waals surface area contributed by atoms with Crippen molar-refractivity contribution in [3.63, 3.8) is 0 Å². The molecule has 2 aromatic carbocycles. The van der Waals surface area contributed by atoms with Gasteiger partial charge in [-0.1, -0.05) is 17.7 Å². The molecule has 0 saturated carbocycles. The Hall–Kier alpha value is -2.11. The number of halogens is 1. The number of hydrogen-bond donors (Lipinski definition) is 3. The molecule has 3 N–H and O–H groups in total. The summed E-state index contributed by atoms with van der Waals surface area (Å²) in [7, 11) is 0. The van der Waals surface area contributed by atoms with E-state index in [-0.39, 0.29) is 5.91 Å². The lowest BCUT2D eigenvalue weighted by Gasteiger charge is -2.15. The minimum atomic E-state index is -0.104. The Labute approximate surface area is 146 Å². The summed E-state index contributed by atoms with van der Waals surface area (Å²) in [6.07, 6.45) is 0. The minimum Gasteiger partial charge on any atom is -0.332 e. The van der Waals surface area contributed by atoms with Crippen LogP contribution in [0.1, 0.15) is 18.1 Å². The van der Waals surface area contributed by atoms with Crippen LogP contribution in [0.15, 0.2) is 36.4 Å². The van der Waals surface area contributed by atoms with E-state index < -0.39 is 0 Å². The highest BCUT2D eigenvalue weighted by molar-refractivity contribution is 7.80. The fourth-order valence-electron chi connectivity index (χ4n) is 2.19. The lowest BCUT2D eigenvalue weighted by molar-refractivity contribution is -0.114. The molecule has 0 aliphatic carbocycles. The van der Waals surface area contributed by atoms with Crippen LogP contribution in [0.3, 0.4) is 0 Å². The van der Waals surface area contributed by atoms with Crippen LogP contribution in [0.25, 0.3) is 0 Å². The summed E-state index contributed by atoms with van der Waals surface area (Å²) < 4.78 is 0. The quantitative estimate of drug-likeness (QED) is 0.703. The predicted octanol–water partition coefficient (Wildman–Crippen LogP) is 4.72. The second kappa shape index (κ2) is 7.44. The maximum Gasteiger partial charge on any atom is 0.221 e. The van der Waals surface area contributed by atoms with E-state index in [1.807, 2.05) is 38.1 Å². The molecule has 0 aliphatic rings. The Kier molecular flexibility index (Phi) is 5.58. The molecule has 4 nitrogen and oxygen atoms in total. The fourth-order valence-corrected chi connectivity index (χ4v) is 2.78. The predicted molar refractivity (Wildman–Crippen MR) is 102 cm³/mol. The van der Waals surface area contributed by atoms with Crippen LogP contribution < -0.4 is 16.0 Å². The van der Waals surface area contributed by atoms with Crippen molar-refractivity contribution in [2.24, 2.45) is 0 Å². The van der Waals surface area contributed by atoms with Crippen molar-refractivity contribution in [2.45, 2.75) is 20.8 Å². The number of rotatable bonds is 3. The molecule has 0 spiro atoms. The Morgan fingerprint density at radius 1 is 1.00 bits per heavy atom. The van der Waals surface area contributed by atoms with E-state index in [0.717, 1.165) is 28.2 Å². The molecule has 2 rings (SSSR count). The van der Waals surface area contributed by atoms with Crippen LogP contribution in [-0.2, 0) is 4.79 Å². The molecule has 0 bridgehead atoms. The third-order valence-corrected chi connectivity index (χ3v) is 3.64. The van der Waals surface area contributed by atoms with Crippen molar-refractivity contribution in [1.29, 1.82) is 0 Å². The Morgan fingerprint density at radius 3 is 2.09 bits per heavy atom. The molecular formula is C17H18ClN3OS. The molecule has 0 heterocycles. The van der Waals surface area contributed by atoms with E-state index in [9.17, 15) is 4.79 Å². The van der Waals surface area contributed by atoms with Gasteiger partial charge in [-0.05, 0) is 67.5 Å². The van der Waals surface area contributed by atoms with Gasteiger partial charge in [0.05, 0.1) is 10.7 Å². The number of aryl methyl sites for hydroxylation is 2. The van der Waals surface area contributed by atoms with Gasteiger partial charge in [0.2, 0.25) is 5.91 Å². The molecule has 0 aliphatic heterocycles. The summed E-state index contributed by atoms with van der Waals surface area (Å²) in [5.41, 5.74) is 4.48. The van der Waals surface area contributed by atoms with Crippen molar-refractivity contribution >= 4 is 51.9 Å². The van der Waals surface area contributed by atoms with Crippen molar-refractivity contribution in [3.05, 3.63) is 52.5 Å². The molecule has 0 atom stereocenters. The van der Waals surface area contributed by atoms with Gasteiger partial charge >= 0.3 is 0 Å². The summed E-state index contributed by atoms with van der Waals surface area (Å²) in [6, 6.07) is 11.2. The van der Waals surface area contributed by atoms with Crippen LogP contribution in [-0.4, -0.2) is 11.0 Å². The molecule has 0 saturated heterocycles. The third-order valence-electron chi connectivity index (χ3n) is 3.13. The van der Waals surface area contributed by atoms with Crippen LogP contribution in [0.5, 0.6) is 0 Å². The maximum absolute atomic E-state index is 11.0. The van der Waals surface area contributed by atoms with Crippen molar-refractivity contribution in [3.8, 4) is 0 Å². The summed E-state index contributed by atoms with van der Waals surface area (Å²) in [5.74, 6) is -0.104. The van der Waals surface area contributed by atoms with E-state index in [1.165, 1.54) is 6.92 Å². The van der Waals surface area contributed by atoms with Crippen molar-refractivity contribution in [1.82, 2.24) is 0 Å². The van der Waals surface area contributed by atoms with Crippen LogP contribution in [0.2, 0.25) is 5.02 Å². The van der Waals surface area contributed by atoms with Crippen LogP contribution in [0, 0.1) is 13.8 Å². The lowest BCUT2D eigenvalue weighted by Crippen LogP contribution is -2.20. The first kappa shape index (κ1) is 17.2. The third kappa shape index (κ3) is 4.94. The van der Waals surface area contributed by atoms with Gasteiger partial charge < -0.3 is 16.0 Å². The monoisotopic (exact) mass is 347 g/mol. The van der Waals surface area contributed by atoms with Gasteiger partial charge in [-0.15, -0.1) is 0 Å². The summed E-state index contributed by atoms with van der Waals surface area (Å²) in [6.45, 7) is 5.45. The molecule has 0 unspecified atom stereocenters. The molecule has 6 heteroatoms. The topological polar surface area (TPSA) is 53.2 Å². The number of hydrogen-bond acceptors (Lipinski definition) is 2. The van der Waals surface area contributed by atoms with E-state index in [1.54, 1.807) is 12.1 Å². The summed E-state index contributed by atoms with van der Waals surface area (Å²) in [4.78, 5) is 11.0. The average Bonchev–Trinajstić information content (AvgIpc) is 2.44. The number of carbonyl (C=O) groups is 1. The number of thiocarbonyl (C=S) groups is 1. The van der Waals surface area contributed by atoms with E-state index in [4.69, 9.17) is 23.8 Å². The Morgan fingerprint density at radius 2 is 1.57 bits per heavy atom. The number of nitrogens with one attached hydrogen (secondary N) is 3. The molecule has 0 radical (unpaired) electrons. The Bertz CT molecular complexity index is 721. The second-order valence-corrected chi connectivity index (χ2v) is 6.09. The van der Waals surface area contributed by atoms with Gasteiger partial charge in [-0.2, -0.15) is 0 Å². The molecule has 2 aromatic rings. The first-order valence-electron chi connectivity index (χ1n) is 7.07. The van der Waals surface area contributed by atoms with E-state index in [2.05, 4.69) is 16.0 Å². The maximum atomic E-state index is 11.0. The zero-order chi connectivity index (χ0) is 17.0. The molecule has 1 amide bonds. The molecular weight excluding hydrogens is 330 g/mol. The first-order chi connectivity index (χ1) is 10.8. The van der Waals surface area contributed by atoms with E-state index in [0.29, 0.717) is 10.1 Å². The lowest BCUT2D eigenvalue weighted by atomic mass is 10.1. The highest BCUT2D eigenvalue weighted by atomic mass is 35.5. The smallest absolute Gasteiger partial charge is 0.221 e. The largest absolute Gasteiger partial charge is 0.332 e. The zero-order valence-corrected chi connectivity index (χ0v) is 14.7. The summed E-state index contributed by atoms with van der Waals surface area (Å²) in [5, 5.41) is 10.0. The highest BCUT2D eigenvalue weighted by Crippen LogP contribution is 2.27. The van der Waals surface area contributed by atoms with Gasteiger partial charge in [0.15, 0.2) is 5.11 Å². The molecule has 120 valence electrons. The Balaban J connectivity index is 2.04. The standard InChI is InChI=1S/C17H18ClN3OS/c1-10-8-11(2)16(15(18)9-10)21-17(23)20-14-6-4-13(5-7-14)19-12(3)22/h4-9H,1-3H3,(H,19,22)(H2,20,21,23). The molecule has 0 aromatic heterocycles. The zero-order valence-electron chi connectivity index (χ0n) is 13.2. The van der Waals surface area contributed by atoms with Gasteiger partial charge in [0.1, 0.15) is 0 Å².